The third-order valence-electron chi connectivity index (χ3n) is 2.24. The topological polar surface area (TPSA) is 105 Å². The molecule has 0 spiro atoms. The van der Waals surface area contributed by atoms with Crippen LogP contribution in [0.15, 0.2) is 0 Å². The van der Waals surface area contributed by atoms with Crippen molar-refractivity contribution in [2.45, 2.75) is 31.3 Å². The number of hydrogen-bond acceptors (Lipinski definition) is 5. The van der Waals surface area contributed by atoms with E-state index in [-0.39, 0.29) is 6.42 Å². The number of carbonyl (C=O) groups excluding carboxylic acids is 1. The molecule has 1 amide bonds. The number of nitrogens with one attached hydrogen (secondary N) is 1. The van der Waals surface area contributed by atoms with Gasteiger partial charge in [0.05, 0.1) is 6.10 Å². The normalized spacial score (nSPS) is 29.8. The SMILES string of the molecule is COC1CC(O)CC(C(=O)NCC(=O)O)O1. The van der Waals surface area contributed by atoms with Crippen molar-refractivity contribution in [3.8, 4) is 0 Å². The minimum Gasteiger partial charge on any atom is -0.480 e. The zero-order valence-corrected chi connectivity index (χ0v) is 8.88. The van der Waals surface area contributed by atoms with Crippen LogP contribution in [0.1, 0.15) is 12.8 Å². The molecule has 1 heterocycles. The molecule has 7 heteroatoms. The number of methoxy groups -OCH3 is 1. The van der Waals surface area contributed by atoms with Crippen molar-refractivity contribution < 1.29 is 29.3 Å². The van der Waals surface area contributed by atoms with Gasteiger partial charge in [-0.2, -0.15) is 0 Å². The van der Waals surface area contributed by atoms with Crippen LogP contribution in [0.5, 0.6) is 0 Å². The summed E-state index contributed by atoms with van der Waals surface area (Å²) in [5.74, 6) is -1.68. The first kappa shape index (κ1) is 12.9. The minimum atomic E-state index is -1.13. The predicted molar refractivity (Wildman–Crippen MR) is 51.6 cm³/mol. The molecule has 1 rings (SSSR count). The van der Waals surface area contributed by atoms with Gasteiger partial charge in [0.25, 0.3) is 0 Å². The Morgan fingerprint density at radius 1 is 1.50 bits per heavy atom. The van der Waals surface area contributed by atoms with E-state index < -0.39 is 36.9 Å². The lowest BCUT2D eigenvalue weighted by molar-refractivity contribution is -0.205. The van der Waals surface area contributed by atoms with E-state index in [1.165, 1.54) is 7.11 Å². The number of aliphatic hydroxyl groups excluding tert-OH is 1. The molecule has 3 atom stereocenters. The molecule has 0 aromatic heterocycles. The number of aliphatic hydroxyl groups is 1. The predicted octanol–water partition coefficient (Wildman–Crippen LogP) is -1.30. The summed E-state index contributed by atoms with van der Waals surface area (Å²) >= 11 is 0. The average Bonchev–Trinajstić information content (AvgIpc) is 2.24. The van der Waals surface area contributed by atoms with Gasteiger partial charge in [0, 0.05) is 20.0 Å². The molecule has 0 bridgehead atoms. The van der Waals surface area contributed by atoms with Crippen LogP contribution in [0.25, 0.3) is 0 Å². The second-order valence-electron chi connectivity index (χ2n) is 3.53. The Balaban J connectivity index is 2.45. The zero-order chi connectivity index (χ0) is 12.1. The third-order valence-corrected chi connectivity index (χ3v) is 2.24. The van der Waals surface area contributed by atoms with Crippen LogP contribution in [-0.4, -0.2) is 54.2 Å². The molecule has 3 unspecified atom stereocenters. The zero-order valence-electron chi connectivity index (χ0n) is 8.88. The van der Waals surface area contributed by atoms with Crippen molar-refractivity contribution >= 4 is 11.9 Å². The van der Waals surface area contributed by atoms with Crippen molar-refractivity contribution in [1.29, 1.82) is 0 Å². The highest BCUT2D eigenvalue weighted by Gasteiger charge is 2.32. The molecule has 16 heavy (non-hydrogen) atoms. The average molecular weight is 233 g/mol. The number of carboxylic acid groups (broad SMARTS) is 1. The molecule has 0 saturated carbocycles. The van der Waals surface area contributed by atoms with Crippen LogP contribution in [0.3, 0.4) is 0 Å². The van der Waals surface area contributed by atoms with E-state index >= 15 is 0 Å². The van der Waals surface area contributed by atoms with Crippen molar-refractivity contribution in [2.24, 2.45) is 0 Å². The summed E-state index contributed by atoms with van der Waals surface area (Å²) in [6, 6.07) is 0. The van der Waals surface area contributed by atoms with Crippen molar-refractivity contribution in [3.63, 3.8) is 0 Å². The Labute approximate surface area is 92.3 Å². The van der Waals surface area contributed by atoms with Crippen LogP contribution in [0, 0.1) is 0 Å². The molecule has 0 aromatic rings. The van der Waals surface area contributed by atoms with Gasteiger partial charge in [0.1, 0.15) is 12.6 Å². The summed E-state index contributed by atoms with van der Waals surface area (Å²) in [7, 11) is 1.41. The van der Waals surface area contributed by atoms with Crippen LogP contribution < -0.4 is 5.32 Å². The second-order valence-corrected chi connectivity index (χ2v) is 3.53. The smallest absolute Gasteiger partial charge is 0.322 e. The molecule has 0 aliphatic carbocycles. The maximum absolute atomic E-state index is 11.4. The van der Waals surface area contributed by atoms with Gasteiger partial charge in [-0.25, -0.2) is 0 Å². The van der Waals surface area contributed by atoms with Crippen LogP contribution >= 0.6 is 0 Å². The Morgan fingerprint density at radius 3 is 2.75 bits per heavy atom. The Bertz CT molecular complexity index is 269. The Kier molecular flexibility index (Phi) is 4.66. The monoisotopic (exact) mass is 233 g/mol. The maximum atomic E-state index is 11.4. The molecule has 0 aromatic carbocycles. The summed E-state index contributed by atoms with van der Waals surface area (Å²) in [5.41, 5.74) is 0. The maximum Gasteiger partial charge on any atom is 0.322 e. The number of rotatable bonds is 4. The van der Waals surface area contributed by atoms with Gasteiger partial charge in [0.15, 0.2) is 6.29 Å². The largest absolute Gasteiger partial charge is 0.480 e. The molecule has 1 fully saturated rings. The fourth-order valence-corrected chi connectivity index (χ4v) is 1.46. The fourth-order valence-electron chi connectivity index (χ4n) is 1.46. The summed E-state index contributed by atoms with van der Waals surface area (Å²) in [6.45, 7) is -0.466. The van der Waals surface area contributed by atoms with Gasteiger partial charge in [-0.05, 0) is 0 Å². The van der Waals surface area contributed by atoms with E-state index in [0.29, 0.717) is 6.42 Å². The molecule has 1 saturated heterocycles. The molecule has 92 valence electrons. The number of aliphatic carboxylic acids is 1. The van der Waals surface area contributed by atoms with Crippen molar-refractivity contribution in [3.05, 3.63) is 0 Å². The van der Waals surface area contributed by atoms with Gasteiger partial charge in [0.2, 0.25) is 5.91 Å². The quantitative estimate of drug-likeness (QED) is 0.557. The summed E-state index contributed by atoms with van der Waals surface area (Å²) < 4.78 is 10.1. The molecule has 1 aliphatic heterocycles. The third kappa shape index (κ3) is 3.76. The van der Waals surface area contributed by atoms with E-state index in [1.54, 1.807) is 0 Å². The van der Waals surface area contributed by atoms with Crippen LogP contribution in [0.4, 0.5) is 0 Å². The minimum absolute atomic E-state index is 0.144. The first-order valence-corrected chi connectivity index (χ1v) is 4.88. The van der Waals surface area contributed by atoms with Gasteiger partial charge in [-0.3, -0.25) is 9.59 Å². The number of carboxylic acids is 1. The van der Waals surface area contributed by atoms with Crippen molar-refractivity contribution in [1.82, 2.24) is 5.32 Å². The fraction of sp³-hybridized carbons (Fsp3) is 0.778. The van der Waals surface area contributed by atoms with Crippen LogP contribution in [0.2, 0.25) is 0 Å². The van der Waals surface area contributed by atoms with Gasteiger partial charge in [-0.15, -0.1) is 0 Å². The standard InChI is InChI=1S/C9H15NO6/c1-15-8-3-5(11)2-6(16-8)9(14)10-4-7(12)13/h5-6,8,11H,2-4H2,1H3,(H,10,14)(H,12,13). The lowest BCUT2D eigenvalue weighted by Gasteiger charge is -2.31. The van der Waals surface area contributed by atoms with E-state index in [9.17, 15) is 14.7 Å². The van der Waals surface area contributed by atoms with Gasteiger partial charge >= 0.3 is 5.97 Å². The lowest BCUT2D eigenvalue weighted by atomic mass is 10.0. The van der Waals surface area contributed by atoms with Gasteiger partial charge < -0.3 is 25.0 Å². The van der Waals surface area contributed by atoms with E-state index in [2.05, 4.69) is 5.32 Å². The number of hydrogen-bond donors (Lipinski definition) is 3. The number of carbonyl (C=O) groups is 2. The highest BCUT2D eigenvalue weighted by Crippen LogP contribution is 2.20. The summed E-state index contributed by atoms with van der Waals surface area (Å²) in [6.07, 6.45) is -1.73. The summed E-state index contributed by atoms with van der Waals surface area (Å²) in [4.78, 5) is 21.7. The van der Waals surface area contributed by atoms with Gasteiger partial charge in [-0.1, -0.05) is 0 Å². The van der Waals surface area contributed by atoms with E-state index in [1.807, 2.05) is 0 Å². The molecule has 0 radical (unpaired) electrons. The summed E-state index contributed by atoms with van der Waals surface area (Å²) in [5, 5.41) is 20.0. The van der Waals surface area contributed by atoms with E-state index in [0.717, 1.165) is 0 Å². The first-order chi connectivity index (χ1) is 7.52. The first-order valence-electron chi connectivity index (χ1n) is 4.88. The molecular weight excluding hydrogens is 218 g/mol. The number of amides is 1. The van der Waals surface area contributed by atoms with Crippen LogP contribution in [-0.2, 0) is 19.1 Å². The van der Waals surface area contributed by atoms with Crippen molar-refractivity contribution in [2.75, 3.05) is 13.7 Å². The molecule has 7 nitrogen and oxygen atoms in total. The molecule has 1 aliphatic rings. The molecule has 3 N–H and O–H groups in total. The Morgan fingerprint density at radius 2 is 2.19 bits per heavy atom. The van der Waals surface area contributed by atoms with E-state index in [4.69, 9.17) is 14.6 Å². The second kappa shape index (κ2) is 5.78. The highest BCUT2D eigenvalue weighted by atomic mass is 16.7. The lowest BCUT2D eigenvalue weighted by Crippen LogP contribution is -2.46. The number of ether oxygens (including phenoxy) is 2. The highest BCUT2D eigenvalue weighted by molar-refractivity contribution is 5.84. The molecular formula is C9H15NO6. The Hall–Kier alpha value is -1.18.